The molecule has 7 atom stereocenters. The van der Waals surface area contributed by atoms with E-state index in [0.29, 0.717) is 22.2 Å². The van der Waals surface area contributed by atoms with Crippen molar-refractivity contribution < 1.29 is 5.11 Å². The standard InChI is InChI=1S/C20H34O/c1-13-12-20-11-8-15-18(2,3)9-5-10-19(15,4)16(20)7-6-14(13)17(20)21/h13-17,21H,5-12H2,1-4H3/t13-,14+,15+,16-,17?,19+,20-/m1/s1. The Morgan fingerprint density at radius 2 is 1.67 bits per heavy atom. The van der Waals surface area contributed by atoms with Gasteiger partial charge in [-0.3, -0.25) is 0 Å². The van der Waals surface area contributed by atoms with Gasteiger partial charge in [0.25, 0.3) is 0 Å². The maximum atomic E-state index is 11.1. The lowest BCUT2D eigenvalue weighted by Gasteiger charge is -2.64. The summed E-state index contributed by atoms with van der Waals surface area (Å²) in [5.74, 6) is 3.04. The number of hydrogen-bond donors (Lipinski definition) is 1. The Morgan fingerprint density at radius 1 is 0.905 bits per heavy atom. The molecule has 4 aliphatic carbocycles. The zero-order valence-electron chi connectivity index (χ0n) is 14.5. The van der Waals surface area contributed by atoms with E-state index >= 15 is 0 Å². The van der Waals surface area contributed by atoms with Crippen LogP contribution in [0.1, 0.15) is 79.1 Å². The fraction of sp³-hybridized carbons (Fsp3) is 1.00. The van der Waals surface area contributed by atoms with Crippen molar-refractivity contribution in [3.8, 4) is 0 Å². The van der Waals surface area contributed by atoms with E-state index in [2.05, 4.69) is 27.7 Å². The second kappa shape index (κ2) is 4.28. The Balaban J connectivity index is 1.76. The third-order valence-electron chi connectivity index (χ3n) is 8.88. The number of aliphatic hydroxyl groups is 1. The van der Waals surface area contributed by atoms with Crippen molar-refractivity contribution >= 4 is 0 Å². The van der Waals surface area contributed by atoms with Crippen molar-refractivity contribution in [2.75, 3.05) is 0 Å². The predicted octanol–water partition coefficient (Wildman–Crippen LogP) is 5.03. The highest BCUT2D eigenvalue weighted by molar-refractivity contribution is 5.15. The van der Waals surface area contributed by atoms with E-state index < -0.39 is 0 Å². The van der Waals surface area contributed by atoms with Gasteiger partial charge in [0, 0.05) is 5.41 Å². The van der Waals surface area contributed by atoms with E-state index in [4.69, 9.17) is 0 Å². The second-order valence-corrected chi connectivity index (χ2v) is 10.1. The van der Waals surface area contributed by atoms with Gasteiger partial charge in [0.1, 0.15) is 0 Å². The summed E-state index contributed by atoms with van der Waals surface area (Å²) >= 11 is 0. The third kappa shape index (κ3) is 1.68. The molecule has 0 aromatic heterocycles. The first-order valence-corrected chi connectivity index (χ1v) is 9.49. The summed E-state index contributed by atoms with van der Waals surface area (Å²) in [6.45, 7) is 10.1. The van der Waals surface area contributed by atoms with E-state index in [1.165, 1.54) is 51.4 Å². The van der Waals surface area contributed by atoms with Crippen LogP contribution >= 0.6 is 0 Å². The zero-order valence-corrected chi connectivity index (χ0v) is 14.5. The summed E-state index contributed by atoms with van der Waals surface area (Å²) < 4.78 is 0. The molecule has 4 rings (SSSR count). The summed E-state index contributed by atoms with van der Waals surface area (Å²) in [4.78, 5) is 0. The fourth-order valence-corrected chi connectivity index (χ4v) is 8.17. The quantitative estimate of drug-likeness (QED) is 0.663. The molecule has 0 aliphatic heterocycles. The molecule has 0 heterocycles. The Morgan fingerprint density at radius 3 is 2.43 bits per heavy atom. The van der Waals surface area contributed by atoms with Gasteiger partial charge in [-0.1, -0.05) is 34.1 Å². The van der Waals surface area contributed by atoms with Gasteiger partial charge in [-0.2, -0.15) is 0 Å². The number of hydrogen-bond acceptors (Lipinski definition) is 1. The Kier molecular flexibility index (Phi) is 2.96. The van der Waals surface area contributed by atoms with Gasteiger partial charge in [-0.25, -0.2) is 0 Å². The molecule has 4 fully saturated rings. The normalized spacial score (nSPS) is 58.4. The van der Waals surface area contributed by atoms with Gasteiger partial charge in [0.15, 0.2) is 0 Å². The van der Waals surface area contributed by atoms with Crippen LogP contribution in [0, 0.1) is 39.9 Å². The van der Waals surface area contributed by atoms with Gasteiger partial charge in [-0.05, 0) is 79.4 Å². The fourth-order valence-electron chi connectivity index (χ4n) is 8.17. The molecule has 21 heavy (non-hydrogen) atoms. The molecular weight excluding hydrogens is 256 g/mol. The Hall–Kier alpha value is -0.0400. The highest BCUT2D eigenvalue weighted by atomic mass is 16.3. The van der Waals surface area contributed by atoms with Gasteiger partial charge in [0.05, 0.1) is 6.10 Å². The number of fused-ring (bicyclic) bond motifs is 3. The molecule has 0 aromatic rings. The molecular formula is C20H34O. The van der Waals surface area contributed by atoms with Crippen molar-refractivity contribution in [3.05, 3.63) is 0 Å². The molecule has 0 radical (unpaired) electrons. The molecule has 0 aromatic carbocycles. The predicted molar refractivity (Wildman–Crippen MR) is 86.9 cm³/mol. The number of aliphatic hydroxyl groups excluding tert-OH is 1. The van der Waals surface area contributed by atoms with E-state index in [1.807, 2.05) is 0 Å². The van der Waals surface area contributed by atoms with Gasteiger partial charge >= 0.3 is 0 Å². The molecule has 4 aliphatic rings. The van der Waals surface area contributed by atoms with Gasteiger partial charge in [0.2, 0.25) is 0 Å². The van der Waals surface area contributed by atoms with Crippen LogP contribution in [0.2, 0.25) is 0 Å². The minimum atomic E-state index is 0.00839. The topological polar surface area (TPSA) is 20.2 Å². The monoisotopic (exact) mass is 290 g/mol. The summed E-state index contributed by atoms with van der Waals surface area (Å²) in [7, 11) is 0. The molecule has 1 nitrogen and oxygen atoms in total. The second-order valence-electron chi connectivity index (χ2n) is 10.1. The first-order chi connectivity index (χ1) is 9.81. The highest BCUT2D eigenvalue weighted by Crippen LogP contribution is 2.72. The maximum Gasteiger partial charge on any atom is 0.0630 e. The molecule has 1 N–H and O–H groups in total. The SMILES string of the molecule is C[C@@H]1C[C@]23CC[C@H]4C(C)(C)CCC[C@]4(C)[C@H]2CC[C@@H]1C3O. The molecule has 2 bridgehead atoms. The van der Waals surface area contributed by atoms with Crippen LogP contribution in [0.15, 0.2) is 0 Å². The van der Waals surface area contributed by atoms with E-state index in [1.54, 1.807) is 0 Å². The average molecular weight is 290 g/mol. The van der Waals surface area contributed by atoms with Gasteiger partial charge < -0.3 is 5.11 Å². The van der Waals surface area contributed by atoms with Crippen molar-refractivity contribution in [2.24, 2.45) is 39.9 Å². The molecule has 4 saturated carbocycles. The molecule has 0 saturated heterocycles. The first-order valence-electron chi connectivity index (χ1n) is 9.49. The molecule has 120 valence electrons. The molecule has 1 spiro atoms. The smallest absolute Gasteiger partial charge is 0.0630 e. The number of rotatable bonds is 0. The Labute approximate surface area is 130 Å². The van der Waals surface area contributed by atoms with Crippen LogP contribution in [0.25, 0.3) is 0 Å². The summed E-state index contributed by atoms with van der Waals surface area (Å²) in [6.07, 6.45) is 10.9. The van der Waals surface area contributed by atoms with Gasteiger partial charge in [-0.15, -0.1) is 0 Å². The zero-order chi connectivity index (χ0) is 15.0. The average Bonchev–Trinajstić information content (AvgIpc) is 2.55. The van der Waals surface area contributed by atoms with Crippen molar-refractivity contribution in [1.29, 1.82) is 0 Å². The minimum absolute atomic E-state index is 0.00839. The van der Waals surface area contributed by atoms with Crippen LogP contribution in [0.5, 0.6) is 0 Å². The van der Waals surface area contributed by atoms with E-state index in [-0.39, 0.29) is 6.10 Å². The summed E-state index contributed by atoms with van der Waals surface area (Å²) in [6, 6.07) is 0. The summed E-state index contributed by atoms with van der Waals surface area (Å²) in [5.41, 5.74) is 1.30. The van der Waals surface area contributed by atoms with Crippen molar-refractivity contribution in [1.82, 2.24) is 0 Å². The van der Waals surface area contributed by atoms with Crippen LogP contribution in [0.4, 0.5) is 0 Å². The molecule has 0 amide bonds. The van der Waals surface area contributed by atoms with Crippen LogP contribution in [-0.4, -0.2) is 11.2 Å². The maximum absolute atomic E-state index is 11.1. The van der Waals surface area contributed by atoms with Crippen LogP contribution < -0.4 is 0 Å². The largest absolute Gasteiger partial charge is 0.392 e. The lowest BCUT2D eigenvalue weighted by atomic mass is 9.41. The first kappa shape index (κ1) is 14.5. The lowest BCUT2D eigenvalue weighted by molar-refractivity contribution is -0.182. The minimum Gasteiger partial charge on any atom is -0.392 e. The van der Waals surface area contributed by atoms with Crippen molar-refractivity contribution in [3.63, 3.8) is 0 Å². The van der Waals surface area contributed by atoms with E-state index in [9.17, 15) is 5.11 Å². The van der Waals surface area contributed by atoms with Crippen LogP contribution in [0.3, 0.4) is 0 Å². The van der Waals surface area contributed by atoms with Crippen molar-refractivity contribution in [2.45, 2.75) is 85.2 Å². The summed E-state index contributed by atoms with van der Waals surface area (Å²) in [5, 5.41) is 11.1. The third-order valence-corrected chi connectivity index (χ3v) is 8.88. The van der Waals surface area contributed by atoms with E-state index in [0.717, 1.165) is 17.8 Å². The Bertz CT molecular complexity index is 441. The highest BCUT2D eigenvalue weighted by Gasteiger charge is 2.66. The molecule has 1 heteroatoms. The van der Waals surface area contributed by atoms with Crippen LogP contribution in [-0.2, 0) is 0 Å². The molecule has 1 unspecified atom stereocenters. The lowest BCUT2D eigenvalue weighted by Crippen LogP contribution is -2.59.